The normalized spacial score (nSPS) is 12.7. The van der Waals surface area contributed by atoms with Crippen LogP contribution in [0.5, 0.6) is 0 Å². The third-order valence-electron chi connectivity index (χ3n) is 4.99. The van der Waals surface area contributed by atoms with E-state index in [1.54, 1.807) is 30.3 Å². The summed E-state index contributed by atoms with van der Waals surface area (Å²) >= 11 is 5.91. The van der Waals surface area contributed by atoms with E-state index in [4.69, 9.17) is 16.1 Å². The van der Waals surface area contributed by atoms with Crippen molar-refractivity contribution in [2.45, 2.75) is 12.4 Å². The average molecular weight is 494 g/mol. The molecule has 0 amide bonds. The van der Waals surface area contributed by atoms with Crippen molar-refractivity contribution in [2.75, 3.05) is 0 Å². The number of hydrogen-bond donors (Lipinski definition) is 0. The summed E-state index contributed by atoms with van der Waals surface area (Å²) in [5, 5.41) is 4.55. The average Bonchev–Trinajstić information content (AvgIpc) is 3.27. The number of benzene rings is 3. The first-order valence-electron chi connectivity index (χ1n) is 9.80. The largest absolute Gasteiger partial charge is 0.416 e. The predicted molar refractivity (Wildman–Crippen MR) is 117 cm³/mol. The van der Waals surface area contributed by atoms with Gasteiger partial charge in [0.2, 0.25) is 0 Å². The molecule has 34 heavy (non-hydrogen) atoms. The number of alkyl halides is 6. The monoisotopic (exact) mass is 493 g/mol. The second-order valence-corrected chi connectivity index (χ2v) is 7.77. The lowest BCUT2D eigenvalue weighted by Gasteiger charge is -2.10. The Labute approximate surface area is 195 Å². The zero-order valence-corrected chi connectivity index (χ0v) is 17.8. The highest BCUT2D eigenvalue weighted by Gasteiger charge is 2.31. The fourth-order valence-electron chi connectivity index (χ4n) is 3.23. The highest BCUT2D eigenvalue weighted by Crippen LogP contribution is 2.34. The van der Waals surface area contributed by atoms with Gasteiger partial charge in [-0.15, -0.1) is 0 Å². The summed E-state index contributed by atoms with van der Waals surface area (Å²) in [6.07, 6.45) is -7.48. The second kappa shape index (κ2) is 9.02. The summed E-state index contributed by atoms with van der Waals surface area (Å²) in [5.41, 5.74) is 0.618. The molecule has 0 aliphatic heterocycles. The highest BCUT2D eigenvalue weighted by atomic mass is 35.5. The molecule has 0 radical (unpaired) electrons. The number of aromatic nitrogens is 1. The number of hydrogen-bond acceptors (Lipinski definition) is 2. The molecular weight excluding hydrogens is 480 g/mol. The minimum Gasteiger partial charge on any atom is -0.356 e. The summed E-state index contributed by atoms with van der Waals surface area (Å²) in [6, 6.07) is 17.1. The molecular formula is C25H14ClF6NO. The number of rotatable bonds is 4. The Bertz CT molecular complexity index is 1300. The van der Waals surface area contributed by atoms with Gasteiger partial charge in [-0.2, -0.15) is 26.3 Å². The first kappa shape index (κ1) is 23.6. The van der Waals surface area contributed by atoms with Crippen LogP contribution in [0.4, 0.5) is 26.3 Å². The van der Waals surface area contributed by atoms with Gasteiger partial charge in [-0.05, 0) is 53.6 Å². The Hall–Kier alpha value is -3.52. The van der Waals surface area contributed by atoms with Gasteiger partial charge in [0.1, 0.15) is 5.69 Å². The van der Waals surface area contributed by atoms with Gasteiger partial charge in [-0.3, -0.25) is 0 Å². The molecule has 0 unspecified atom stereocenters. The quantitative estimate of drug-likeness (QED) is 0.210. The van der Waals surface area contributed by atoms with Crippen LogP contribution in [0, 0.1) is 0 Å². The SMILES string of the molecule is FC(F)(F)c1ccc(/C=C(\c2ccc(C(F)(F)F)cc2)c2cc(-c3ccc(Cl)cc3)no2)cc1. The molecule has 0 bridgehead atoms. The van der Waals surface area contributed by atoms with Crippen LogP contribution >= 0.6 is 11.6 Å². The Morgan fingerprint density at radius 3 is 1.79 bits per heavy atom. The van der Waals surface area contributed by atoms with Crippen LogP contribution in [0.2, 0.25) is 5.02 Å². The van der Waals surface area contributed by atoms with E-state index in [1.165, 1.54) is 30.3 Å². The fraction of sp³-hybridized carbons (Fsp3) is 0.0800. The summed E-state index contributed by atoms with van der Waals surface area (Å²) in [4.78, 5) is 0. The van der Waals surface area contributed by atoms with E-state index in [0.717, 1.165) is 24.3 Å². The molecule has 0 fully saturated rings. The first-order valence-corrected chi connectivity index (χ1v) is 10.2. The Morgan fingerprint density at radius 1 is 0.735 bits per heavy atom. The molecule has 4 aromatic rings. The van der Waals surface area contributed by atoms with Crippen molar-refractivity contribution in [3.8, 4) is 11.3 Å². The Morgan fingerprint density at radius 2 is 1.26 bits per heavy atom. The molecule has 0 atom stereocenters. The van der Waals surface area contributed by atoms with Crippen molar-refractivity contribution < 1.29 is 30.9 Å². The molecule has 0 saturated carbocycles. The van der Waals surface area contributed by atoms with Gasteiger partial charge in [-0.25, -0.2) is 0 Å². The van der Waals surface area contributed by atoms with Crippen LogP contribution in [-0.4, -0.2) is 5.16 Å². The van der Waals surface area contributed by atoms with Gasteiger partial charge in [0.15, 0.2) is 5.76 Å². The van der Waals surface area contributed by atoms with Crippen LogP contribution in [-0.2, 0) is 12.4 Å². The topological polar surface area (TPSA) is 26.0 Å². The molecule has 0 saturated heterocycles. The molecule has 2 nitrogen and oxygen atoms in total. The zero-order valence-electron chi connectivity index (χ0n) is 17.1. The second-order valence-electron chi connectivity index (χ2n) is 7.34. The fourth-order valence-corrected chi connectivity index (χ4v) is 3.36. The third-order valence-corrected chi connectivity index (χ3v) is 5.24. The van der Waals surface area contributed by atoms with E-state index in [0.29, 0.717) is 33.0 Å². The van der Waals surface area contributed by atoms with Gasteiger partial charge >= 0.3 is 12.4 Å². The van der Waals surface area contributed by atoms with Gasteiger partial charge in [0.05, 0.1) is 11.1 Å². The van der Waals surface area contributed by atoms with Crippen LogP contribution < -0.4 is 0 Å². The van der Waals surface area contributed by atoms with Crippen molar-refractivity contribution in [1.82, 2.24) is 5.16 Å². The summed E-state index contributed by atoms with van der Waals surface area (Å²) in [6.45, 7) is 0. The van der Waals surface area contributed by atoms with Crippen LogP contribution in [0.3, 0.4) is 0 Å². The van der Waals surface area contributed by atoms with E-state index in [2.05, 4.69) is 5.16 Å². The van der Waals surface area contributed by atoms with Crippen molar-refractivity contribution in [3.05, 3.63) is 112 Å². The summed E-state index contributed by atoms with van der Waals surface area (Å²) < 4.78 is 83.1. The molecule has 1 aromatic heterocycles. The Balaban J connectivity index is 1.77. The smallest absolute Gasteiger partial charge is 0.356 e. The lowest BCUT2D eigenvalue weighted by atomic mass is 9.98. The van der Waals surface area contributed by atoms with Crippen LogP contribution in [0.25, 0.3) is 22.9 Å². The maximum Gasteiger partial charge on any atom is 0.416 e. The van der Waals surface area contributed by atoms with Crippen molar-refractivity contribution >= 4 is 23.3 Å². The van der Waals surface area contributed by atoms with Crippen LogP contribution in [0.1, 0.15) is 28.0 Å². The van der Waals surface area contributed by atoms with Crippen LogP contribution in [0.15, 0.2) is 83.4 Å². The van der Waals surface area contributed by atoms with Crippen molar-refractivity contribution in [1.29, 1.82) is 0 Å². The van der Waals surface area contributed by atoms with Gasteiger partial charge in [0.25, 0.3) is 0 Å². The Kier molecular flexibility index (Phi) is 6.27. The van der Waals surface area contributed by atoms with E-state index in [9.17, 15) is 26.3 Å². The third kappa shape index (κ3) is 5.34. The first-order chi connectivity index (χ1) is 16.0. The minimum absolute atomic E-state index is 0.226. The molecule has 174 valence electrons. The van der Waals surface area contributed by atoms with E-state index in [1.807, 2.05) is 0 Å². The van der Waals surface area contributed by atoms with Gasteiger partial charge in [0, 0.05) is 22.2 Å². The van der Waals surface area contributed by atoms with Gasteiger partial charge < -0.3 is 4.52 Å². The number of halogens is 7. The summed E-state index contributed by atoms with van der Waals surface area (Å²) in [7, 11) is 0. The van der Waals surface area contributed by atoms with Gasteiger partial charge in [-0.1, -0.05) is 53.2 Å². The highest BCUT2D eigenvalue weighted by molar-refractivity contribution is 6.30. The van der Waals surface area contributed by atoms with E-state index < -0.39 is 23.5 Å². The van der Waals surface area contributed by atoms with E-state index in [-0.39, 0.29) is 5.76 Å². The lowest BCUT2D eigenvalue weighted by Crippen LogP contribution is -2.04. The molecule has 1 heterocycles. The minimum atomic E-state index is -4.51. The number of nitrogens with zero attached hydrogens (tertiary/aromatic N) is 1. The molecule has 0 N–H and O–H groups in total. The molecule has 0 aliphatic carbocycles. The predicted octanol–water partition coefficient (Wildman–Crippen LogP) is 8.62. The van der Waals surface area contributed by atoms with E-state index >= 15 is 0 Å². The molecule has 9 heteroatoms. The maximum atomic E-state index is 13.0. The standard InChI is InChI=1S/C25H14ClF6NO/c26-20-11-5-17(6-12-20)22-14-23(34-33-22)21(16-3-9-19(10-4-16)25(30,31)32)13-15-1-7-18(8-2-15)24(27,28)29/h1-14H/b21-13+. The van der Waals surface area contributed by atoms with Crippen molar-refractivity contribution in [2.24, 2.45) is 0 Å². The summed E-state index contributed by atoms with van der Waals surface area (Å²) in [5.74, 6) is 0.226. The molecule has 0 aliphatic rings. The van der Waals surface area contributed by atoms with Crippen molar-refractivity contribution in [3.63, 3.8) is 0 Å². The zero-order chi connectivity index (χ0) is 24.5. The molecule has 4 rings (SSSR count). The molecule has 3 aromatic carbocycles. The maximum absolute atomic E-state index is 13.0. The molecule has 0 spiro atoms. The lowest BCUT2D eigenvalue weighted by molar-refractivity contribution is -0.138.